The Balaban J connectivity index is 1.40. The predicted octanol–water partition coefficient (Wildman–Crippen LogP) is 2.17. The van der Waals surface area contributed by atoms with E-state index >= 15 is 0 Å². The van der Waals surface area contributed by atoms with Crippen LogP contribution in [0.1, 0.15) is 12.0 Å². The first-order valence-corrected chi connectivity index (χ1v) is 9.61. The van der Waals surface area contributed by atoms with Gasteiger partial charge in [-0.3, -0.25) is 0 Å². The van der Waals surface area contributed by atoms with Crippen molar-refractivity contribution in [1.82, 2.24) is 29.5 Å². The van der Waals surface area contributed by atoms with Crippen LogP contribution in [-0.4, -0.2) is 75.9 Å². The fourth-order valence-corrected chi connectivity index (χ4v) is 3.44. The summed E-state index contributed by atoms with van der Waals surface area (Å²) in [6.07, 6.45) is 4.55. The number of aryl methyl sites for hydroxylation is 1. The van der Waals surface area contributed by atoms with E-state index < -0.39 is 0 Å². The third kappa shape index (κ3) is 4.09. The van der Waals surface area contributed by atoms with Crippen molar-refractivity contribution in [2.45, 2.75) is 13.3 Å². The smallest absolute Gasteiger partial charge is 0.168 e. The van der Waals surface area contributed by atoms with E-state index in [2.05, 4.69) is 68.4 Å². The fourth-order valence-electron chi connectivity index (χ4n) is 3.44. The summed E-state index contributed by atoms with van der Waals surface area (Å²) < 4.78 is 1.87. The molecule has 0 atom stereocenters. The number of hydrogen-bond acceptors (Lipinski definition) is 6. The minimum atomic E-state index is 0.829. The van der Waals surface area contributed by atoms with Gasteiger partial charge in [-0.25, -0.2) is 14.6 Å². The first-order chi connectivity index (χ1) is 13.2. The van der Waals surface area contributed by atoms with Crippen molar-refractivity contribution < 1.29 is 0 Å². The van der Waals surface area contributed by atoms with Crippen molar-refractivity contribution in [2.75, 3.05) is 51.6 Å². The highest BCUT2D eigenvalue weighted by molar-refractivity contribution is 5.87. The molecule has 2 aromatic heterocycles. The topological polar surface area (TPSA) is 62.1 Å². The number of piperazine rings is 1. The highest BCUT2D eigenvalue weighted by Gasteiger charge is 2.14. The van der Waals surface area contributed by atoms with Gasteiger partial charge in [0, 0.05) is 32.7 Å². The Morgan fingerprint density at radius 2 is 1.81 bits per heavy atom. The van der Waals surface area contributed by atoms with Gasteiger partial charge in [0.1, 0.15) is 12.1 Å². The first kappa shape index (κ1) is 17.9. The van der Waals surface area contributed by atoms with Crippen LogP contribution in [0.25, 0.3) is 16.7 Å². The van der Waals surface area contributed by atoms with Gasteiger partial charge >= 0.3 is 0 Å². The summed E-state index contributed by atoms with van der Waals surface area (Å²) in [5.74, 6) is 0.858. The Kier molecular flexibility index (Phi) is 5.31. The zero-order chi connectivity index (χ0) is 18.6. The number of likely N-dealkylation sites (N-methyl/N-ethyl adjacent to an activating group) is 1. The van der Waals surface area contributed by atoms with E-state index in [4.69, 9.17) is 0 Å². The zero-order valence-corrected chi connectivity index (χ0v) is 16.1. The molecule has 0 saturated carbocycles. The normalized spacial score (nSPS) is 16.1. The molecule has 1 aromatic carbocycles. The van der Waals surface area contributed by atoms with Crippen LogP contribution in [0.15, 0.2) is 36.8 Å². The number of aromatic nitrogens is 4. The minimum Gasteiger partial charge on any atom is -0.369 e. The van der Waals surface area contributed by atoms with Crippen LogP contribution in [0, 0.1) is 6.92 Å². The van der Waals surface area contributed by atoms with E-state index in [0.29, 0.717) is 0 Å². The Hall–Kier alpha value is -2.51. The lowest BCUT2D eigenvalue weighted by molar-refractivity contribution is 0.154. The average molecular weight is 365 g/mol. The molecule has 0 bridgehead atoms. The van der Waals surface area contributed by atoms with Gasteiger partial charge in [-0.05, 0) is 39.1 Å². The molecule has 1 saturated heterocycles. The van der Waals surface area contributed by atoms with Crippen LogP contribution < -0.4 is 5.32 Å². The molecular formula is C20H27N7. The highest BCUT2D eigenvalue weighted by Crippen LogP contribution is 2.21. The van der Waals surface area contributed by atoms with Crippen molar-refractivity contribution in [3.63, 3.8) is 0 Å². The maximum absolute atomic E-state index is 4.53. The molecule has 0 radical (unpaired) electrons. The number of nitrogens with one attached hydrogen (secondary N) is 1. The van der Waals surface area contributed by atoms with E-state index in [-0.39, 0.29) is 0 Å². The third-order valence-corrected chi connectivity index (χ3v) is 5.18. The van der Waals surface area contributed by atoms with Crippen LogP contribution in [0.5, 0.6) is 0 Å². The lowest BCUT2D eigenvalue weighted by atomic mass is 10.2. The molecule has 7 nitrogen and oxygen atoms in total. The van der Waals surface area contributed by atoms with E-state index in [1.807, 2.05) is 10.9 Å². The van der Waals surface area contributed by atoms with Crippen LogP contribution in [-0.2, 0) is 0 Å². The van der Waals surface area contributed by atoms with Gasteiger partial charge in [0.25, 0.3) is 0 Å². The average Bonchev–Trinajstić information content (AvgIpc) is 3.12. The standard InChI is InChI=1S/C20H27N7/c1-16-4-6-17(7-5-16)27-20-18(14-24-27)19(22-15-23-20)21-8-3-9-26-12-10-25(2)11-13-26/h4-7,14-15H,3,8-13H2,1-2H3,(H,21,22,23). The second kappa shape index (κ2) is 8.02. The number of anilines is 1. The van der Waals surface area contributed by atoms with Crippen molar-refractivity contribution >= 4 is 16.9 Å². The first-order valence-electron chi connectivity index (χ1n) is 9.61. The van der Waals surface area contributed by atoms with Crippen molar-refractivity contribution in [2.24, 2.45) is 0 Å². The molecule has 1 aliphatic rings. The molecule has 142 valence electrons. The van der Waals surface area contributed by atoms with Gasteiger partial charge in [-0.1, -0.05) is 17.7 Å². The van der Waals surface area contributed by atoms with E-state index in [0.717, 1.165) is 68.2 Å². The molecule has 0 unspecified atom stereocenters. The number of fused-ring (bicyclic) bond motifs is 1. The SMILES string of the molecule is Cc1ccc(-n2ncc3c(NCCCN4CCN(C)CC4)ncnc32)cc1. The van der Waals surface area contributed by atoms with Crippen LogP contribution in [0.2, 0.25) is 0 Å². The quantitative estimate of drug-likeness (QED) is 0.676. The number of benzene rings is 1. The summed E-state index contributed by atoms with van der Waals surface area (Å²) in [6.45, 7) is 8.76. The van der Waals surface area contributed by atoms with E-state index in [1.54, 1.807) is 6.33 Å². The molecule has 3 heterocycles. The second-order valence-electron chi connectivity index (χ2n) is 7.28. The van der Waals surface area contributed by atoms with Crippen molar-refractivity contribution in [1.29, 1.82) is 0 Å². The Bertz CT molecular complexity index is 879. The van der Waals surface area contributed by atoms with Crippen LogP contribution >= 0.6 is 0 Å². The Morgan fingerprint density at radius 3 is 2.59 bits per heavy atom. The lowest BCUT2D eigenvalue weighted by Gasteiger charge is -2.32. The summed E-state index contributed by atoms with van der Waals surface area (Å²) >= 11 is 0. The van der Waals surface area contributed by atoms with Gasteiger partial charge in [0.05, 0.1) is 17.3 Å². The largest absolute Gasteiger partial charge is 0.369 e. The van der Waals surface area contributed by atoms with Gasteiger partial charge < -0.3 is 15.1 Å². The van der Waals surface area contributed by atoms with E-state index in [9.17, 15) is 0 Å². The number of rotatable bonds is 6. The summed E-state index contributed by atoms with van der Waals surface area (Å²) in [5, 5.41) is 8.95. The zero-order valence-electron chi connectivity index (χ0n) is 16.1. The fraction of sp³-hybridized carbons (Fsp3) is 0.450. The van der Waals surface area contributed by atoms with Crippen molar-refractivity contribution in [3.05, 3.63) is 42.4 Å². The molecule has 1 aliphatic heterocycles. The molecule has 1 fully saturated rings. The van der Waals surface area contributed by atoms with E-state index in [1.165, 1.54) is 5.56 Å². The van der Waals surface area contributed by atoms with Gasteiger partial charge in [-0.15, -0.1) is 0 Å². The summed E-state index contributed by atoms with van der Waals surface area (Å²) in [4.78, 5) is 13.8. The van der Waals surface area contributed by atoms with Gasteiger partial charge in [0.2, 0.25) is 0 Å². The second-order valence-corrected chi connectivity index (χ2v) is 7.28. The summed E-state index contributed by atoms with van der Waals surface area (Å²) in [7, 11) is 2.19. The molecule has 3 aromatic rings. The van der Waals surface area contributed by atoms with Gasteiger partial charge in [0.15, 0.2) is 5.65 Å². The molecule has 4 rings (SSSR count). The molecule has 7 heteroatoms. The maximum Gasteiger partial charge on any atom is 0.168 e. The number of nitrogens with zero attached hydrogens (tertiary/aromatic N) is 6. The Morgan fingerprint density at radius 1 is 1.04 bits per heavy atom. The molecular weight excluding hydrogens is 338 g/mol. The third-order valence-electron chi connectivity index (χ3n) is 5.18. The lowest BCUT2D eigenvalue weighted by Crippen LogP contribution is -2.44. The van der Waals surface area contributed by atoms with Crippen LogP contribution in [0.4, 0.5) is 5.82 Å². The number of hydrogen-bond donors (Lipinski definition) is 1. The predicted molar refractivity (Wildman–Crippen MR) is 108 cm³/mol. The molecule has 0 spiro atoms. The molecule has 27 heavy (non-hydrogen) atoms. The Labute approximate surface area is 160 Å². The minimum absolute atomic E-state index is 0.829. The summed E-state index contributed by atoms with van der Waals surface area (Å²) in [5.41, 5.74) is 3.07. The molecule has 1 N–H and O–H groups in total. The monoisotopic (exact) mass is 365 g/mol. The maximum atomic E-state index is 4.53. The highest BCUT2D eigenvalue weighted by atomic mass is 15.3. The van der Waals surface area contributed by atoms with Crippen LogP contribution in [0.3, 0.4) is 0 Å². The van der Waals surface area contributed by atoms with Gasteiger partial charge in [-0.2, -0.15) is 5.10 Å². The summed E-state index contributed by atoms with van der Waals surface area (Å²) in [6, 6.07) is 8.29. The molecule has 0 amide bonds. The van der Waals surface area contributed by atoms with Crippen molar-refractivity contribution in [3.8, 4) is 5.69 Å². The molecule has 0 aliphatic carbocycles.